The first-order valence-corrected chi connectivity index (χ1v) is 10.8. The second-order valence-electron chi connectivity index (χ2n) is 7.21. The second kappa shape index (κ2) is 8.73. The van der Waals surface area contributed by atoms with Crippen molar-refractivity contribution >= 4 is 21.5 Å². The number of hydrogen-bond acceptors (Lipinski definition) is 6. The minimum atomic E-state index is -3.09. The Morgan fingerprint density at radius 2 is 1.96 bits per heavy atom. The van der Waals surface area contributed by atoms with Crippen molar-refractivity contribution in [3.63, 3.8) is 0 Å². The molecular weight excluding hydrogens is 370 g/mol. The maximum Gasteiger partial charge on any atom is 0.260 e. The Balaban J connectivity index is 2.10. The molecule has 8 heteroatoms. The Labute approximate surface area is 160 Å². The molecule has 1 fully saturated rings. The van der Waals surface area contributed by atoms with E-state index < -0.39 is 9.84 Å². The maximum atomic E-state index is 12.7. The molecule has 1 aliphatic rings. The number of methoxy groups -OCH3 is 1. The molecular formula is C19H27NO6S. The zero-order chi connectivity index (χ0) is 20.2. The van der Waals surface area contributed by atoms with Gasteiger partial charge < -0.3 is 14.4 Å². The van der Waals surface area contributed by atoms with Gasteiger partial charge in [-0.1, -0.05) is 13.8 Å². The number of ketones is 1. The lowest BCUT2D eigenvalue weighted by molar-refractivity contribution is -0.135. The summed E-state index contributed by atoms with van der Waals surface area (Å²) in [7, 11) is -1.63. The largest absolute Gasteiger partial charge is 0.493 e. The summed E-state index contributed by atoms with van der Waals surface area (Å²) in [5.41, 5.74) is 0.489. The first-order chi connectivity index (χ1) is 12.6. The van der Waals surface area contributed by atoms with E-state index in [0.717, 1.165) is 0 Å². The molecule has 0 bridgehead atoms. The van der Waals surface area contributed by atoms with Gasteiger partial charge in [-0.2, -0.15) is 0 Å². The standard InChI is InChI=1S/C19H27NO6S/c1-13(2)10-20(16-7-8-27(23,24)12-16)19(22)11-26-17-6-5-15(14(3)21)9-18(17)25-4/h5-6,9,13,16H,7-8,10-12H2,1-4H3. The molecule has 7 nitrogen and oxygen atoms in total. The van der Waals surface area contributed by atoms with Crippen LogP contribution in [0.2, 0.25) is 0 Å². The Hall–Kier alpha value is -2.09. The fourth-order valence-electron chi connectivity index (χ4n) is 3.10. The molecule has 1 atom stereocenters. The van der Waals surface area contributed by atoms with Gasteiger partial charge in [-0.15, -0.1) is 0 Å². The van der Waals surface area contributed by atoms with E-state index in [1.54, 1.807) is 23.1 Å². The van der Waals surface area contributed by atoms with Crippen LogP contribution in [0.25, 0.3) is 0 Å². The van der Waals surface area contributed by atoms with E-state index in [0.29, 0.717) is 30.0 Å². The second-order valence-corrected chi connectivity index (χ2v) is 9.44. The lowest BCUT2D eigenvalue weighted by atomic mass is 10.1. The molecule has 2 rings (SSSR count). The third-order valence-corrected chi connectivity index (χ3v) is 6.20. The van der Waals surface area contributed by atoms with Crippen LogP contribution in [-0.4, -0.2) is 62.8 Å². The minimum absolute atomic E-state index is 0.00207. The first-order valence-electron chi connectivity index (χ1n) is 8.94. The Morgan fingerprint density at radius 3 is 2.48 bits per heavy atom. The van der Waals surface area contributed by atoms with E-state index in [4.69, 9.17) is 9.47 Å². The number of sulfone groups is 1. The predicted molar refractivity (Wildman–Crippen MR) is 102 cm³/mol. The van der Waals surface area contributed by atoms with E-state index in [-0.39, 0.29) is 41.8 Å². The highest BCUT2D eigenvalue weighted by Crippen LogP contribution is 2.28. The maximum absolute atomic E-state index is 12.7. The van der Waals surface area contributed by atoms with Gasteiger partial charge in [-0.05, 0) is 37.5 Å². The Morgan fingerprint density at radius 1 is 1.26 bits per heavy atom. The highest BCUT2D eigenvalue weighted by molar-refractivity contribution is 7.91. The van der Waals surface area contributed by atoms with Gasteiger partial charge in [0.1, 0.15) is 0 Å². The zero-order valence-corrected chi connectivity index (χ0v) is 17.0. The molecule has 0 saturated carbocycles. The first kappa shape index (κ1) is 21.2. The van der Waals surface area contributed by atoms with Crippen LogP contribution in [0.3, 0.4) is 0 Å². The molecule has 1 amide bonds. The monoisotopic (exact) mass is 397 g/mol. The molecule has 0 spiro atoms. The van der Waals surface area contributed by atoms with Crippen molar-refractivity contribution in [2.75, 3.05) is 31.8 Å². The minimum Gasteiger partial charge on any atom is -0.493 e. The average molecular weight is 397 g/mol. The molecule has 1 unspecified atom stereocenters. The summed E-state index contributed by atoms with van der Waals surface area (Å²) in [6.45, 7) is 5.67. The zero-order valence-electron chi connectivity index (χ0n) is 16.2. The summed E-state index contributed by atoms with van der Waals surface area (Å²) in [5, 5.41) is 0. The van der Waals surface area contributed by atoms with E-state index in [1.807, 2.05) is 13.8 Å². The predicted octanol–water partition coefficient (Wildman–Crippen LogP) is 1.95. The SMILES string of the molecule is COc1cc(C(C)=O)ccc1OCC(=O)N(CC(C)C)C1CCS(=O)(=O)C1. The number of carbonyl (C=O) groups is 2. The smallest absolute Gasteiger partial charge is 0.260 e. The molecule has 1 heterocycles. The average Bonchev–Trinajstić information content (AvgIpc) is 2.96. The van der Waals surface area contributed by atoms with Crippen LogP contribution in [0.4, 0.5) is 0 Å². The van der Waals surface area contributed by atoms with Gasteiger partial charge in [0.2, 0.25) is 0 Å². The number of Topliss-reactive ketones (excluding diaryl/α,β-unsaturated/α-hetero) is 1. The van der Waals surface area contributed by atoms with E-state index >= 15 is 0 Å². The molecule has 1 aromatic rings. The van der Waals surface area contributed by atoms with Gasteiger partial charge in [0, 0.05) is 18.2 Å². The van der Waals surface area contributed by atoms with Crippen molar-refractivity contribution in [2.24, 2.45) is 5.92 Å². The molecule has 0 aromatic heterocycles. The Bertz CT molecular complexity index is 802. The van der Waals surface area contributed by atoms with Crippen LogP contribution in [0.15, 0.2) is 18.2 Å². The lowest BCUT2D eigenvalue weighted by Crippen LogP contribution is -2.45. The van der Waals surface area contributed by atoms with E-state index in [9.17, 15) is 18.0 Å². The van der Waals surface area contributed by atoms with Crippen LogP contribution in [-0.2, 0) is 14.6 Å². The van der Waals surface area contributed by atoms with Gasteiger partial charge >= 0.3 is 0 Å². The fraction of sp³-hybridized carbons (Fsp3) is 0.579. The normalized spacial score (nSPS) is 18.3. The summed E-state index contributed by atoms with van der Waals surface area (Å²) in [6, 6.07) is 4.46. The van der Waals surface area contributed by atoms with Crippen molar-refractivity contribution in [1.82, 2.24) is 4.90 Å². The summed E-state index contributed by atoms with van der Waals surface area (Å²) >= 11 is 0. The number of hydrogen-bond donors (Lipinski definition) is 0. The third kappa shape index (κ3) is 5.69. The molecule has 0 aliphatic carbocycles. The van der Waals surface area contributed by atoms with Crippen molar-refractivity contribution in [1.29, 1.82) is 0 Å². The molecule has 27 heavy (non-hydrogen) atoms. The number of ether oxygens (including phenoxy) is 2. The van der Waals surface area contributed by atoms with Gasteiger partial charge in [-0.25, -0.2) is 8.42 Å². The van der Waals surface area contributed by atoms with Gasteiger partial charge in [0.05, 0.1) is 18.6 Å². The van der Waals surface area contributed by atoms with Crippen molar-refractivity contribution in [2.45, 2.75) is 33.2 Å². The highest BCUT2D eigenvalue weighted by Gasteiger charge is 2.35. The fourth-order valence-corrected chi connectivity index (χ4v) is 4.83. The number of rotatable bonds is 8. The van der Waals surface area contributed by atoms with Gasteiger partial charge in [0.25, 0.3) is 5.91 Å². The lowest BCUT2D eigenvalue weighted by Gasteiger charge is -2.30. The molecule has 1 aromatic carbocycles. The molecule has 150 valence electrons. The summed E-state index contributed by atoms with van der Waals surface area (Å²) in [4.78, 5) is 25.8. The summed E-state index contributed by atoms with van der Waals surface area (Å²) < 4.78 is 34.4. The van der Waals surface area contributed by atoms with Gasteiger partial charge in [0.15, 0.2) is 33.7 Å². The van der Waals surface area contributed by atoms with E-state index in [1.165, 1.54) is 14.0 Å². The third-order valence-electron chi connectivity index (χ3n) is 4.45. The van der Waals surface area contributed by atoms with Crippen LogP contribution in [0, 0.1) is 5.92 Å². The molecule has 1 saturated heterocycles. The van der Waals surface area contributed by atoms with Crippen LogP contribution >= 0.6 is 0 Å². The molecule has 0 N–H and O–H groups in total. The van der Waals surface area contributed by atoms with Crippen molar-refractivity contribution in [3.8, 4) is 11.5 Å². The number of benzene rings is 1. The summed E-state index contributed by atoms with van der Waals surface area (Å²) in [5.74, 6) is 0.698. The molecule has 1 aliphatic heterocycles. The number of nitrogens with zero attached hydrogens (tertiary/aromatic N) is 1. The summed E-state index contributed by atoms with van der Waals surface area (Å²) in [6.07, 6.45) is 0.456. The van der Waals surface area contributed by atoms with Gasteiger partial charge in [-0.3, -0.25) is 9.59 Å². The Kier molecular flexibility index (Phi) is 6.86. The van der Waals surface area contributed by atoms with Crippen LogP contribution in [0.5, 0.6) is 11.5 Å². The highest BCUT2D eigenvalue weighted by atomic mass is 32.2. The quantitative estimate of drug-likeness (QED) is 0.623. The van der Waals surface area contributed by atoms with Crippen LogP contribution in [0.1, 0.15) is 37.6 Å². The van der Waals surface area contributed by atoms with Crippen molar-refractivity contribution < 1.29 is 27.5 Å². The van der Waals surface area contributed by atoms with Crippen molar-refractivity contribution in [3.05, 3.63) is 23.8 Å². The number of carbonyl (C=O) groups excluding carboxylic acids is 2. The van der Waals surface area contributed by atoms with Crippen LogP contribution < -0.4 is 9.47 Å². The number of amides is 1. The van der Waals surface area contributed by atoms with E-state index in [2.05, 4.69) is 0 Å². The topological polar surface area (TPSA) is 90.0 Å². The molecule has 0 radical (unpaired) electrons.